The summed E-state index contributed by atoms with van der Waals surface area (Å²) in [5, 5.41) is 12.8. The van der Waals surface area contributed by atoms with E-state index in [9.17, 15) is 5.11 Å². The van der Waals surface area contributed by atoms with Crippen LogP contribution in [0.15, 0.2) is 12.1 Å². The zero-order valence-electron chi connectivity index (χ0n) is 12.1. The lowest BCUT2D eigenvalue weighted by Gasteiger charge is -2.19. The molecule has 0 fully saturated rings. The Balaban J connectivity index is 2.71. The first-order valence-electron chi connectivity index (χ1n) is 6.43. The summed E-state index contributed by atoms with van der Waals surface area (Å²) in [5.74, 6) is 0.944. The molecule has 102 valence electrons. The third kappa shape index (κ3) is 4.67. The van der Waals surface area contributed by atoms with Gasteiger partial charge in [-0.1, -0.05) is 12.1 Å². The summed E-state index contributed by atoms with van der Waals surface area (Å²) in [5.41, 5.74) is 2.89. The van der Waals surface area contributed by atoms with Gasteiger partial charge in [0.15, 0.2) is 0 Å². The Morgan fingerprint density at radius 3 is 2.22 bits per heavy atom. The van der Waals surface area contributed by atoms with E-state index in [1.807, 2.05) is 7.05 Å². The Morgan fingerprint density at radius 1 is 1.22 bits per heavy atom. The summed E-state index contributed by atoms with van der Waals surface area (Å²) in [4.78, 5) is 0. The molecule has 0 aliphatic heterocycles. The van der Waals surface area contributed by atoms with Gasteiger partial charge in [-0.05, 0) is 51.4 Å². The summed E-state index contributed by atoms with van der Waals surface area (Å²) in [6.45, 7) is 9.12. The van der Waals surface area contributed by atoms with Crippen LogP contribution in [-0.2, 0) is 6.54 Å². The SMILES string of the molecule is CNCc1cc(C)c(OCCC(C)(C)O)c(C)c1. The first kappa shape index (κ1) is 15.0. The Hall–Kier alpha value is -1.06. The molecule has 0 saturated carbocycles. The monoisotopic (exact) mass is 251 g/mol. The van der Waals surface area contributed by atoms with Crippen molar-refractivity contribution >= 4 is 0 Å². The molecule has 2 N–H and O–H groups in total. The van der Waals surface area contributed by atoms with Crippen LogP contribution in [0, 0.1) is 13.8 Å². The normalized spacial score (nSPS) is 11.7. The van der Waals surface area contributed by atoms with E-state index in [4.69, 9.17) is 4.74 Å². The standard InChI is InChI=1S/C15H25NO2/c1-11-8-13(10-16-5)9-12(2)14(11)18-7-6-15(3,4)17/h8-9,16-17H,6-7,10H2,1-5H3. The molecule has 0 unspecified atom stereocenters. The van der Waals surface area contributed by atoms with Crippen LogP contribution in [0.5, 0.6) is 5.75 Å². The number of aryl methyl sites for hydroxylation is 2. The highest BCUT2D eigenvalue weighted by atomic mass is 16.5. The molecular weight excluding hydrogens is 226 g/mol. The number of hydrogen-bond donors (Lipinski definition) is 2. The first-order valence-corrected chi connectivity index (χ1v) is 6.43. The van der Waals surface area contributed by atoms with Crippen LogP contribution in [-0.4, -0.2) is 24.4 Å². The fraction of sp³-hybridized carbons (Fsp3) is 0.600. The van der Waals surface area contributed by atoms with Gasteiger partial charge in [0, 0.05) is 13.0 Å². The zero-order valence-corrected chi connectivity index (χ0v) is 12.1. The second-order valence-electron chi connectivity index (χ2n) is 5.50. The Morgan fingerprint density at radius 2 is 1.78 bits per heavy atom. The van der Waals surface area contributed by atoms with Crippen molar-refractivity contribution in [1.82, 2.24) is 5.32 Å². The largest absolute Gasteiger partial charge is 0.493 e. The van der Waals surface area contributed by atoms with E-state index in [1.54, 1.807) is 13.8 Å². The topological polar surface area (TPSA) is 41.5 Å². The number of rotatable bonds is 6. The summed E-state index contributed by atoms with van der Waals surface area (Å²) in [7, 11) is 1.94. The molecule has 0 spiro atoms. The molecule has 0 saturated heterocycles. The molecule has 0 heterocycles. The van der Waals surface area contributed by atoms with Crippen LogP contribution in [0.1, 0.15) is 37.0 Å². The predicted molar refractivity (Wildman–Crippen MR) is 75.1 cm³/mol. The van der Waals surface area contributed by atoms with Gasteiger partial charge in [-0.3, -0.25) is 0 Å². The molecule has 1 aromatic carbocycles. The van der Waals surface area contributed by atoms with E-state index < -0.39 is 5.60 Å². The van der Waals surface area contributed by atoms with Crippen LogP contribution in [0.2, 0.25) is 0 Å². The summed E-state index contributed by atoms with van der Waals surface area (Å²) in [6.07, 6.45) is 0.629. The van der Waals surface area contributed by atoms with Gasteiger partial charge in [0.25, 0.3) is 0 Å². The highest BCUT2D eigenvalue weighted by Gasteiger charge is 2.13. The van der Waals surface area contributed by atoms with Gasteiger partial charge in [-0.2, -0.15) is 0 Å². The van der Waals surface area contributed by atoms with E-state index in [-0.39, 0.29) is 0 Å². The van der Waals surface area contributed by atoms with Crippen molar-refractivity contribution in [2.75, 3.05) is 13.7 Å². The summed E-state index contributed by atoms with van der Waals surface area (Å²) < 4.78 is 5.80. The zero-order chi connectivity index (χ0) is 13.8. The molecule has 0 bridgehead atoms. The third-order valence-electron chi connectivity index (χ3n) is 2.86. The fourth-order valence-corrected chi connectivity index (χ4v) is 1.98. The molecule has 0 atom stereocenters. The van der Waals surface area contributed by atoms with E-state index in [1.165, 1.54) is 5.56 Å². The Bertz CT molecular complexity index is 371. The molecule has 18 heavy (non-hydrogen) atoms. The van der Waals surface area contributed by atoms with Crippen LogP contribution in [0.25, 0.3) is 0 Å². The second-order valence-corrected chi connectivity index (χ2v) is 5.50. The Kier molecular flexibility index (Phi) is 5.17. The number of ether oxygens (including phenoxy) is 1. The van der Waals surface area contributed by atoms with E-state index in [2.05, 4.69) is 31.3 Å². The van der Waals surface area contributed by atoms with Crippen molar-refractivity contribution in [2.45, 2.75) is 46.3 Å². The molecular formula is C15H25NO2. The minimum atomic E-state index is -0.673. The van der Waals surface area contributed by atoms with Crippen molar-refractivity contribution < 1.29 is 9.84 Å². The number of aliphatic hydroxyl groups is 1. The Labute approximate surface area is 110 Å². The highest BCUT2D eigenvalue weighted by molar-refractivity contribution is 5.43. The molecule has 3 heteroatoms. The smallest absolute Gasteiger partial charge is 0.125 e. The van der Waals surface area contributed by atoms with E-state index in [0.29, 0.717) is 13.0 Å². The lowest BCUT2D eigenvalue weighted by molar-refractivity contribution is 0.0551. The van der Waals surface area contributed by atoms with Crippen molar-refractivity contribution in [3.05, 3.63) is 28.8 Å². The second kappa shape index (κ2) is 6.21. The maximum Gasteiger partial charge on any atom is 0.125 e. The van der Waals surface area contributed by atoms with Crippen LogP contribution in [0.3, 0.4) is 0 Å². The van der Waals surface area contributed by atoms with E-state index >= 15 is 0 Å². The minimum absolute atomic E-state index is 0.538. The van der Waals surface area contributed by atoms with Gasteiger partial charge in [-0.25, -0.2) is 0 Å². The fourth-order valence-electron chi connectivity index (χ4n) is 1.98. The molecule has 3 nitrogen and oxygen atoms in total. The molecule has 0 aliphatic rings. The van der Waals surface area contributed by atoms with Crippen molar-refractivity contribution in [1.29, 1.82) is 0 Å². The number of benzene rings is 1. The molecule has 0 aliphatic carbocycles. The van der Waals surface area contributed by atoms with Gasteiger partial charge >= 0.3 is 0 Å². The third-order valence-corrected chi connectivity index (χ3v) is 2.86. The lowest BCUT2D eigenvalue weighted by Crippen LogP contribution is -2.22. The molecule has 0 aromatic heterocycles. The van der Waals surface area contributed by atoms with Gasteiger partial charge in [-0.15, -0.1) is 0 Å². The van der Waals surface area contributed by atoms with Gasteiger partial charge in [0.05, 0.1) is 12.2 Å². The average molecular weight is 251 g/mol. The van der Waals surface area contributed by atoms with Crippen molar-refractivity contribution in [3.63, 3.8) is 0 Å². The maximum absolute atomic E-state index is 9.66. The van der Waals surface area contributed by atoms with Gasteiger partial charge in [0.2, 0.25) is 0 Å². The highest BCUT2D eigenvalue weighted by Crippen LogP contribution is 2.25. The lowest BCUT2D eigenvalue weighted by atomic mass is 10.0. The summed E-state index contributed by atoms with van der Waals surface area (Å²) >= 11 is 0. The van der Waals surface area contributed by atoms with Crippen LogP contribution < -0.4 is 10.1 Å². The maximum atomic E-state index is 9.66. The molecule has 1 aromatic rings. The minimum Gasteiger partial charge on any atom is -0.493 e. The van der Waals surface area contributed by atoms with Gasteiger partial charge < -0.3 is 15.2 Å². The van der Waals surface area contributed by atoms with Crippen molar-refractivity contribution in [2.24, 2.45) is 0 Å². The predicted octanol–water partition coefficient (Wildman–Crippen LogP) is 2.56. The average Bonchev–Trinajstić information content (AvgIpc) is 2.21. The van der Waals surface area contributed by atoms with Crippen molar-refractivity contribution in [3.8, 4) is 5.75 Å². The quantitative estimate of drug-likeness (QED) is 0.816. The van der Waals surface area contributed by atoms with Crippen LogP contribution >= 0.6 is 0 Å². The molecule has 0 radical (unpaired) electrons. The first-order chi connectivity index (χ1) is 8.33. The van der Waals surface area contributed by atoms with E-state index in [0.717, 1.165) is 23.4 Å². The molecule has 0 amide bonds. The summed E-state index contributed by atoms with van der Waals surface area (Å²) in [6, 6.07) is 4.28. The molecule has 1 rings (SSSR count). The van der Waals surface area contributed by atoms with Gasteiger partial charge in [0.1, 0.15) is 5.75 Å². The van der Waals surface area contributed by atoms with Crippen LogP contribution in [0.4, 0.5) is 0 Å². The number of hydrogen-bond acceptors (Lipinski definition) is 3. The number of nitrogens with one attached hydrogen (secondary N) is 1.